The van der Waals surface area contributed by atoms with Crippen molar-refractivity contribution < 1.29 is 0 Å². The summed E-state index contributed by atoms with van der Waals surface area (Å²) in [5.41, 5.74) is 14.6. The summed E-state index contributed by atoms with van der Waals surface area (Å²) >= 11 is 0. The minimum atomic E-state index is 1.20. The van der Waals surface area contributed by atoms with Gasteiger partial charge in [-0.15, -0.1) is 0 Å². The van der Waals surface area contributed by atoms with Crippen LogP contribution in [0.1, 0.15) is 0 Å². The maximum atomic E-state index is 2.45. The Morgan fingerprint density at radius 3 is 0.790 bits per heavy atom. The van der Waals surface area contributed by atoms with Gasteiger partial charge in [0.1, 0.15) is 0 Å². The van der Waals surface area contributed by atoms with Crippen LogP contribution in [0.2, 0.25) is 0 Å². The largest absolute Gasteiger partial charge is 0.0622 e. The summed E-state index contributed by atoms with van der Waals surface area (Å²) in [6.45, 7) is 0. The molecule has 0 bridgehead atoms. The summed E-state index contributed by atoms with van der Waals surface area (Å²) in [7, 11) is 0. The summed E-state index contributed by atoms with van der Waals surface area (Å²) in [5.74, 6) is 0. The summed E-state index contributed by atoms with van der Waals surface area (Å²) < 4.78 is 0. The first-order chi connectivity index (χ1) is 30.8. The molecule has 12 rings (SSSR count). The smallest absolute Gasteiger partial charge is 0.00137 e. The second kappa shape index (κ2) is 14.9. The van der Waals surface area contributed by atoms with Gasteiger partial charge in [0, 0.05) is 0 Å². The van der Waals surface area contributed by atoms with Crippen LogP contribution >= 0.6 is 0 Å². The van der Waals surface area contributed by atoms with Gasteiger partial charge < -0.3 is 0 Å². The van der Waals surface area contributed by atoms with Crippen molar-refractivity contribution in [2.75, 3.05) is 0 Å². The molecule has 0 aliphatic heterocycles. The Labute approximate surface area is 361 Å². The van der Waals surface area contributed by atoms with Crippen LogP contribution in [-0.2, 0) is 0 Å². The fourth-order valence-corrected chi connectivity index (χ4v) is 9.93. The first-order valence-electron chi connectivity index (χ1n) is 21.5. The highest BCUT2D eigenvalue weighted by atomic mass is 14.2. The summed E-state index contributed by atoms with van der Waals surface area (Å²) in [5, 5.41) is 12.8. The maximum absolute atomic E-state index is 2.45. The number of fused-ring (bicyclic) bond motifs is 11. The standard InChI is InChI=1S/C62H40/c1-5-17-41(18-6-1)49-33-29-45(37-57(49)43-21-9-3-10-22-43)47-31-35-53-51-25-13-16-28-56(51)62-60-40-48(32-36-54(60)52-26-14-15-27-55(52)61(62)59(53)39-47)46-30-34-50(42-19-7-2-8-20-42)58(38-46)44-23-11-4-12-24-44/h1-40H. The van der Waals surface area contributed by atoms with Crippen molar-refractivity contribution in [2.24, 2.45) is 0 Å². The predicted octanol–water partition coefficient (Wildman–Crippen LogP) is 17.5. The lowest BCUT2D eigenvalue weighted by molar-refractivity contribution is 1.57. The van der Waals surface area contributed by atoms with Crippen LogP contribution in [-0.4, -0.2) is 0 Å². The molecule has 12 aromatic rings. The van der Waals surface area contributed by atoms with Gasteiger partial charge in [-0.2, -0.15) is 0 Å². The van der Waals surface area contributed by atoms with Crippen molar-refractivity contribution in [3.63, 3.8) is 0 Å². The Morgan fingerprint density at radius 1 is 0.145 bits per heavy atom. The average Bonchev–Trinajstić information content (AvgIpc) is 3.36. The summed E-state index contributed by atoms with van der Waals surface area (Å²) in [4.78, 5) is 0. The van der Waals surface area contributed by atoms with Crippen LogP contribution < -0.4 is 0 Å². The molecule has 0 amide bonds. The summed E-state index contributed by atoms with van der Waals surface area (Å²) in [6, 6.07) is 89.3. The fourth-order valence-electron chi connectivity index (χ4n) is 9.93. The molecule has 0 fully saturated rings. The molecule has 0 aliphatic carbocycles. The van der Waals surface area contributed by atoms with Gasteiger partial charge in [0.2, 0.25) is 0 Å². The molecule has 0 saturated heterocycles. The first-order valence-corrected chi connectivity index (χ1v) is 21.5. The molecule has 0 radical (unpaired) electrons. The van der Waals surface area contributed by atoms with Crippen LogP contribution in [0.5, 0.6) is 0 Å². The first kappa shape index (κ1) is 35.8. The predicted molar refractivity (Wildman–Crippen MR) is 267 cm³/mol. The summed E-state index contributed by atoms with van der Waals surface area (Å²) in [6.07, 6.45) is 0. The zero-order chi connectivity index (χ0) is 41.0. The SMILES string of the molecule is c1ccc(-c2ccc(-c3ccc4c5ccccc5c5c6cc(-c7ccc(-c8ccccc8)c(-c8ccccc8)c7)ccc6c6ccccc6c5c4c3)cc2-c2ccccc2)cc1. The molecule has 0 unspecified atom stereocenters. The Kier molecular flexibility index (Phi) is 8.61. The molecule has 0 N–H and O–H groups in total. The number of hydrogen-bond acceptors (Lipinski definition) is 0. The van der Waals surface area contributed by atoms with E-state index in [9.17, 15) is 0 Å². The molecule has 0 nitrogen and oxygen atoms in total. The third kappa shape index (κ3) is 5.99. The second-order valence-corrected chi connectivity index (χ2v) is 16.3. The Morgan fingerprint density at radius 2 is 0.419 bits per heavy atom. The van der Waals surface area contributed by atoms with Gasteiger partial charge in [-0.1, -0.05) is 218 Å². The lowest BCUT2D eigenvalue weighted by Gasteiger charge is -2.18. The van der Waals surface area contributed by atoms with Crippen molar-refractivity contribution >= 4 is 53.9 Å². The van der Waals surface area contributed by atoms with Gasteiger partial charge in [-0.05, 0) is 145 Å². The highest BCUT2D eigenvalue weighted by molar-refractivity contribution is 6.39. The average molecular weight is 785 g/mol. The monoisotopic (exact) mass is 784 g/mol. The van der Waals surface area contributed by atoms with Crippen LogP contribution in [0.15, 0.2) is 243 Å². The Balaban J connectivity index is 1.12. The van der Waals surface area contributed by atoms with E-state index in [1.807, 2.05) is 0 Å². The normalized spacial score (nSPS) is 11.5. The third-order valence-corrected chi connectivity index (χ3v) is 12.8. The third-order valence-electron chi connectivity index (χ3n) is 12.8. The quantitative estimate of drug-likeness (QED) is 0.147. The molecule has 0 aliphatic rings. The fraction of sp³-hybridized carbons (Fsp3) is 0. The second-order valence-electron chi connectivity index (χ2n) is 16.3. The highest BCUT2D eigenvalue weighted by Gasteiger charge is 2.19. The topological polar surface area (TPSA) is 0 Å². The molecule has 0 atom stereocenters. The molecule has 0 aromatic heterocycles. The van der Waals surface area contributed by atoms with Crippen molar-refractivity contribution in [1.29, 1.82) is 0 Å². The lowest BCUT2D eigenvalue weighted by atomic mass is 9.85. The zero-order valence-electron chi connectivity index (χ0n) is 34.1. The van der Waals surface area contributed by atoms with E-state index in [2.05, 4.69) is 243 Å². The Bertz CT molecular complexity index is 3400. The van der Waals surface area contributed by atoms with E-state index >= 15 is 0 Å². The zero-order valence-corrected chi connectivity index (χ0v) is 34.1. The Hall–Kier alpha value is -8.06. The number of benzene rings is 12. The minimum Gasteiger partial charge on any atom is -0.0622 e. The lowest BCUT2D eigenvalue weighted by Crippen LogP contribution is -1.91. The number of rotatable bonds is 6. The van der Waals surface area contributed by atoms with E-state index in [1.54, 1.807) is 0 Å². The van der Waals surface area contributed by atoms with Gasteiger partial charge in [0.25, 0.3) is 0 Å². The van der Waals surface area contributed by atoms with Crippen molar-refractivity contribution in [3.05, 3.63) is 243 Å². The molecule has 0 saturated carbocycles. The molecule has 62 heavy (non-hydrogen) atoms. The van der Waals surface area contributed by atoms with Crippen LogP contribution in [0.25, 0.3) is 121 Å². The molecule has 288 valence electrons. The van der Waals surface area contributed by atoms with Crippen LogP contribution in [0.4, 0.5) is 0 Å². The van der Waals surface area contributed by atoms with Gasteiger partial charge in [-0.3, -0.25) is 0 Å². The van der Waals surface area contributed by atoms with E-state index in [4.69, 9.17) is 0 Å². The molecular weight excluding hydrogens is 745 g/mol. The highest BCUT2D eigenvalue weighted by Crippen LogP contribution is 2.47. The van der Waals surface area contributed by atoms with Crippen molar-refractivity contribution in [1.82, 2.24) is 0 Å². The molecule has 0 heteroatoms. The number of hydrogen-bond donors (Lipinski definition) is 0. The van der Waals surface area contributed by atoms with Crippen molar-refractivity contribution in [3.8, 4) is 66.8 Å². The van der Waals surface area contributed by atoms with Gasteiger partial charge >= 0.3 is 0 Å². The van der Waals surface area contributed by atoms with E-state index < -0.39 is 0 Å². The molecular formula is C62H40. The van der Waals surface area contributed by atoms with E-state index in [0.29, 0.717) is 0 Å². The minimum absolute atomic E-state index is 1.20. The van der Waals surface area contributed by atoms with Gasteiger partial charge in [-0.25, -0.2) is 0 Å². The van der Waals surface area contributed by atoms with Gasteiger partial charge in [0.15, 0.2) is 0 Å². The van der Waals surface area contributed by atoms with E-state index in [1.165, 1.54) is 121 Å². The molecule has 0 spiro atoms. The maximum Gasteiger partial charge on any atom is -0.00137 e. The molecule has 0 heterocycles. The van der Waals surface area contributed by atoms with E-state index in [0.717, 1.165) is 0 Å². The van der Waals surface area contributed by atoms with Gasteiger partial charge in [0.05, 0.1) is 0 Å². The van der Waals surface area contributed by atoms with Crippen LogP contribution in [0, 0.1) is 0 Å². The molecule has 12 aromatic carbocycles. The van der Waals surface area contributed by atoms with Crippen LogP contribution in [0.3, 0.4) is 0 Å². The van der Waals surface area contributed by atoms with E-state index in [-0.39, 0.29) is 0 Å². The van der Waals surface area contributed by atoms with Crippen molar-refractivity contribution in [2.45, 2.75) is 0 Å².